The number of rotatable bonds is 2. The van der Waals surface area contributed by atoms with Gasteiger partial charge in [-0.3, -0.25) is 4.79 Å². The molecule has 1 saturated heterocycles. The fourth-order valence-electron chi connectivity index (χ4n) is 2.07. The van der Waals surface area contributed by atoms with E-state index in [0.29, 0.717) is 0 Å². The lowest BCUT2D eigenvalue weighted by Gasteiger charge is -2.14. The second-order valence-electron chi connectivity index (χ2n) is 4.22. The number of benzene rings is 1. The third-order valence-corrected chi connectivity index (χ3v) is 3.07. The lowest BCUT2D eigenvalue weighted by atomic mass is 9.98. The normalized spacial score (nSPS) is 22.8. The first-order valence-corrected chi connectivity index (χ1v) is 5.32. The number of aliphatic carboxylic acids is 1. The van der Waals surface area contributed by atoms with Crippen LogP contribution in [-0.4, -0.2) is 17.6 Å². The van der Waals surface area contributed by atoms with Gasteiger partial charge >= 0.3 is 5.97 Å². The number of hydrogen-bond donors (Lipinski definition) is 2. The van der Waals surface area contributed by atoms with E-state index in [-0.39, 0.29) is 13.0 Å². The molecular formula is C11H8F5NO2. The van der Waals surface area contributed by atoms with Gasteiger partial charge in [0.15, 0.2) is 23.3 Å². The maximum absolute atomic E-state index is 13.5. The molecule has 0 amide bonds. The Morgan fingerprint density at radius 2 is 1.47 bits per heavy atom. The molecule has 104 valence electrons. The molecule has 2 atom stereocenters. The average Bonchev–Trinajstić information content (AvgIpc) is 2.84. The summed E-state index contributed by atoms with van der Waals surface area (Å²) in [5, 5.41) is 11.2. The van der Waals surface area contributed by atoms with E-state index in [9.17, 15) is 26.7 Å². The van der Waals surface area contributed by atoms with Crippen molar-refractivity contribution in [2.45, 2.75) is 12.5 Å². The predicted molar refractivity (Wildman–Crippen MR) is 52.7 cm³/mol. The van der Waals surface area contributed by atoms with Crippen molar-refractivity contribution in [3.63, 3.8) is 0 Å². The smallest absolute Gasteiger partial charge is 0.307 e. The van der Waals surface area contributed by atoms with Gasteiger partial charge < -0.3 is 10.4 Å². The number of hydrogen-bond acceptors (Lipinski definition) is 2. The monoisotopic (exact) mass is 281 g/mol. The van der Waals surface area contributed by atoms with Crippen LogP contribution in [0, 0.1) is 35.0 Å². The topological polar surface area (TPSA) is 49.3 Å². The molecule has 3 nitrogen and oxygen atoms in total. The van der Waals surface area contributed by atoms with Gasteiger partial charge in [0.05, 0.1) is 5.92 Å². The van der Waals surface area contributed by atoms with Crippen LogP contribution in [0.25, 0.3) is 0 Å². The van der Waals surface area contributed by atoms with Crippen LogP contribution in [0.15, 0.2) is 0 Å². The Morgan fingerprint density at radius 3 is 1.89 bits per heavy atom. The first-order valence-electron chi connectivity index (χ1n) is 5.32. The summed E-state index contributed by atoms with van der Waals surface area (Å²) in [4.78, 5) is 10.7. The van der Waals surface area contributed by atoms with Crippen LogP contribution in [0.4, 0.5) is 22.0 Å². The maximum atomic E-state index is 13.5. The molecule has 1 fully saturated rings. The third kappa shape index (κ3) is 2.16. The van der Waals surface area contributed by atoms with Crippen LogP contribution < -0.4 is 5.32 Å². The van der Waals surface area contributed by atoms with Gasteiger partial charge in [-0.25, -0.2) is 22.0 Å². The molecule has 8 heteroatoms. The highest BCUT2D eigenvalue weighted by atomic mass is 19.2. The summed E-state index contributed by atoms with van der Waals surface area (Å²) >= 11 is 0. The van der Waals surface area contributed by atoms with Crippen LogP contribution >= 0.6 is 0 Å². The highest BCUT2D eigenvalue weighted by molar-refractivity contribution is 5.70. The Hall–Kier alpha value is -1.70. The molecule has 1 heterocycles. The minimum atomic E-state index is -2.23. The van der Waals surface area contributed by atoms with Gasteiger partial charge in [0.25, 0.3) is 0 Å². The fourth-order valence-corrected chi connectivity index (χ4v) is 2.07. The van der Waals surface area contributed by atoms with E-state index in [1.54, 1.807) is 0 Å². The first-order chi connectivity index (χ1) is 8.84. The Morgan fingerprint density at radius 1 is 1.00 bits per heavy atom. The van der Waals surface area contributed by atoms with Crippen molar-refractivity contribution >= 4 is 5.97 Å². The zero-order chi connectivity index (χ0) is 14.3. The molecule has 1 aromatic rings. The minimum Gasteiger partial charge on any atom is -0.481 e. The van der Waals surface area contributed by atoms with Crippen LogP contribution in [0.5, 0.6) is 0 Å². The zero-order valence-corrected chi connectivity index (χ0v) is 9.31. The minimum absolute atomic E-state index is 0.0977. The zero-order valence-electron chi connectivity index (χ0n) is 9.31. The molecule has 1 aliphatic rings. The second-order valence-corrected chi connectivity index (χ2v) is 4.22. The van der Waals surface area contributed by atoms with Crippen LogP contribution in [-0.2, 0) is 4.79 Å². The van der Waals surface area contributed by atoms with E-state index in [4.69, 9.17) is 5.11 Å². The maximum Gasteiger partial charge on any atom is 0.307 e. The summed E-state index contributed by atoms with van der Waals surface area (Å²) in [5.74, 6) is -12.3. The quantitative estimate of drug-likeness (QED) is 0.496. The largest absolute Gasteiger partial charge is 0.481 e. The Bertz CT molecular complexity index is 519. The molecule has 0 bridgehead atoms. The van der Waals surface area contributed by atoms with Crippen molar-refractivity contribution < 1.29 is 31.9 Å². The summed E-state index contributed by atoms with van der Waals surface area (Å²) < 4.78 is 65.8. The summed E-state index contributed by atoms with van der Waals surface area (Å²) in [7, 11) is 0. The van der Waals surface area contributed by atoms with E-state index in [1.165, 1.54) is 0 Å². The molecule has 0 spiro atoms. The molecule has 19 heavy (non-hydrogen) atoms. The number of halogens is 5. The van der Waals surface area contributed by atoms with E-state index < -0.39 is 52.6 Å². The van der Waals surface area contributed by atoms with Crippen LogP contribution in [0.3, 0.4) is 0 Å². The van der Waals surface area contributed by atoms with Crippen molar-refractivity contribution in [1.29, 1.82) is 0 Å². The van der Waals surface area contributed by atoms with Crippen molar-refractivity contribution in [3.8, 4) is 0 Å². The van der Waals surface area contributed by atoms with E-state index >= 15 is 0 Å². The Labute approximate surface area is 104 Å². The molecule has 0 radical (unpaired) electrons. The fraction of sp³-hybridized carbons (Fsp3) is 0.364. The van der Waals surface area contributed by atoms with Crippen molar-refractivity contribution in [3.05, 3.63) is 34.6 Å². The van der Waals surface area contributed by atoms with Crippen molar-refractivity contribution in [2.24, 2.45) is 5.92 Å². The van der Waals surface area contributed by atoms with Gasteiger partial charge in [-0.1, -0.05) is 0 Å². The van der Waals surface area contributed by atoms with Gasteiger partial charge in [0, 0.05) is 18.2 Å². The summed E-state index contributed by atoms with van der Waals surface area (Å²) in [6.07, 6.45) is -0.242. The Kier molecular flexibility index (Phi) is 3.44. The highest BCUT2D eigenvalue weighted by Gasteiger charge is 2.36. The molecule has 2 unspecified atom stereocenters. The second kappa shape index (κ2) is 4.76. The van der Waals surface area contributed by atoms with E-state index in [2.05, 4.69) is 5.32 Å². The Balaban J connectivity index is 2.44. The van der Waals surface area contributed by atoms with Gasteiger partial charge in [0.2, 0.25) is 5.82 Å². The molecule has 2 N–H and O–H groups in total. The van der Waals surface area contributed by atoms with Crippen LogP contribution in [0.2, 0.25) is 0 Å². The standard InChI is InChI=1S/C11H8F5NO2/c12-6-5(4-1-3(2-17-4)11(18)19)7(13)9(15)10(16)8(6)14/h3-4,17H,1-2H2,(H,18,19). The lowest BCUT2D eigenvalue weighted by molar-refractivity contribution is -0.141. The lowest BCUT2D eigenvalue weighted by Crippen LogP contribution is -2.19. The van der Waals surface area contributed by atoms with Crippen molar-refractivity contribution in [1.82, 2.24) is 5.32 Å². The van der Waals surface area contributed by atoms with E-state index in [1.807, 2.05) is 0 Å². The SMILES string of the molecule is O=C(O)C1CNC(c2c(F)c(F)c(F)c(F)c2F)C1. The summed E-state index contributed by atoms with van der Waals surface area (Å²) in [5.41, 5.74) is -1.01. The molecule has 1 aliphatic heterocycles. The number of carboxylic acids is 1. The number of carboxylic acid groups (broad SMARTS) is 1. The average molecular weight is 281 g/mol. The predicted octanol–water partition coefficient (Wildman–Crippen LogP) is 2.12. The molecular weight excluding hydrogens is 273 g/mol. The molecule has 0 saturated carbocycles. The molecule has 1 aromatic carbocycles. The number of nitrogens with one attached hydrogen (secondary N) is 1. The van der Waals surface area contributed by atoms with Gasteiger partial charge in [-0.2, -0.15) is 0 Å². The summed E-state index contributed by atoms with van der Waals surface area (Å²) in [6, 6.07) is -1.22. The molecule has 0 aliphatic carbocycles. The highest BCUT2D eigenvalue weighted by Crippen LogP contribution is 2.33. The van der Waals surface area contributed by atoms with Gasteiger partial charge in [-0.05, 0) is 6.42 Å². The van der Waals surface area contributed by atoms with E-state index in [0.717, 1.165) is 0 Å². The van der Waals surface area contributed by atoms with Gasteiger partial charge in [-0.15, -0.1) is 0 Å². The summed E-state index contributed by atoms with van der Waals surface area (Å²) in [6.45, 7) is -0.0977. The molecule has 0 aromatic heterocycles. The number of carbonyl (C=O) groups is 1. The first kappa shape index (κ1) is 13.7. The molecule has 2 rings (SSSR count). The third-order valence-electron chi connectivity index (χ3n) is 3.07. The van der Waals surface area contributed by atoms with Gasteiger partial charge in [0.1, 0.15) is 0 Å². The van der Waals surface area contributed by atoms with Crippen LogP contribution in [0.1, 0.15) is 18.0 Å². The van der Waals surface area contributed by atoms with Crippen molar-refractivity contribution in [2.75, 3.05) is 6.54 Å².